The Labute approximate surface area is 76.0 Å². The maximum Gasteiger partial charge on any atom is -0.0345 e. The predicted molar refractivity (Wildman–Crippen MR) is 57.1 cm³/mol. The fraction of sp³-hybridized carbons (Fsp3) is 0.333. The minimum absolute atomic E-state index is 1.11. The molecule has 0 aromatic rings. The van der Waals surface area contributed by atoms with E-state index in [0.717, 1.165) is 12.8 Å². The number of unbranched alkanes of at least 4 members (excludes halogenated alkanes) is 2. The molecule has 0 unspecified atom stereocenters. The molecule has 0 spiro atoms. The molecular formula is C12H18. The Morgan fingerprint density at radius 3 is 2.42 bits per heavy atom. The summed E-state index contributed by atoms with van der Waals surface area (Å²) in [6.07, 6.45) is 17.8. The highest BCUT2D eigenvalue weighted by atomic mass is 13.8. The van der Waals surface area contributed by atoms with Crippen LogP contribution in [0.5, 0.6) is 0 Å². The fourth-order valence-electron chi connectivity index (χ4n) is 0.794. The van der Waals surface area contributed by atoms with Crippen LogP contribution < -0.4 is 0 Å². The van der Waals surface area contributed by atoms with Gasteiger partial charge in [0.25, 0.3) is 0 Å². The molecule has 0 fully saturated rings. The van der Waals surface area contributed by atoms with Crippen LogP contribution in [0, 0.1) is 0 Å². The smallest absolute Gasteiger partial charge is 0.0345 e. The van der Waals surface area contributed by atoms with Gasteiger partial charge in [0.15, 0.2) is 0 Å². The van der Waals surface area contributed by atoms with Gasteiger partial charge in [-0.1, -0.05) is 42.5 Å². The largest absolute Gasteiger partial charge is 0.103 e. The quantitative estimate of drug-likeness (QED) is 0.314. The molecule has 0 atom stereocenters. The number of rotatable bonds is 6. The SMILES string of the molecule is C=CCCC/C=C/C=C/C=C/C. The maximum atomic E-state index is 3.67. The van der Waals surface area contributed by atoms with E-state index in [9.17, 15) is 0 Å². The van der Waals surface area contributed by atoms with E-state index in [1.165, 1.54) is 6.42 Å². The van der Waals surface area contributed by atoms with Crippen LogP contribution in [0.1, 0.15) is 26.2 Å². The number of hydrogen-bond donors (Lipinski definition) is 0. The molecule has 66 valence electrons. The second-order valence-electron chi connectivity index (χ2n) is 2.56. The minimum Gasteiger partial charge on any atom is -0.103 e. The summed E-state index contributed by atoms with van der Waals surface area (Å²) in [7, 11) is 0. The third-order valence-corrected chi connectivity index (χ3v) is 1.44. The third-order valence-electron chi connectivity index (χ3n) is 1.44. The van der Waals surface area contributed by atoms with Crippen molar-refractivity contribution in [1.82, 2.24) is 0 Å². The van der Waals surface area contributed by atoms with E-state index >= 15 is 0 Å². The molecule has 0 radical (unpaired) electrons. The van der Waals surface area contributed by atoms with Gasteiger partial charge in [-0.05, 0) is 26.2 Å². The Bertz CT molecular complexity index is 170. The van der Waals surface area contributed by atoms with Gasteiger partial charge in [0.05, 0.1) is 0 Å². The van der Waals surface area contributed by atoms with Crippen molar-refractivity contribution in [1.29, 1.82) is 0 Å². The summed E-state index contributed by atoms with van der Waals surface area (Å²) in [5.74, 6) is 0. The molecule has 0 aliphatic heterocycles. The molecule has 0 amide bonds. The van der Waals surface area contributed by atoms with Crippen LogP contribution >= 0.6 is 0 Å². The van der Waals surface area contributed by atoms with E-state index in [-0.39, 0.29) is 0 Å². The average Bonchev–Trinajstić information content (AvgIpc) is 2.10. The van der Waals surface area contributed by atoms with Gasteiger partial charge in [-0.3, -0.25) is 0 Å². The summed E-state index contributed by atoms with van der Waals surface area (Å²) in [4.78, 5) is 0. The molecule has 0 saturated carbocycles. The van der Waals surface area contributed by atoms with Crippen molar-refractivity contribution in [3.05, 3.63) is 49.1 Å². The molecule has 0 aromatic heterocycles. The van der Waals surface area contributed by atoms with Crippen LogP contribution in [0.4, 0.5) is 0 Å². The van der Waals surface area contributed by atoms with Crippen molar-refractivity contribution in [3.8, 4) is 0 Å². The summed E-state index contributed by atoms with van der Waals surface area (Å²) < 4.78 is 0. The summed E-state index contributed by atoms with van der Waals surface area (Å²) in [6, 6.07) is 0. The second kappa shape index (κ2) is 9.96. The first-order valence-electron chi connectivity index (χ1n) is 4.47. The molecule has 0 heterocycles. The number of hydrogen-bond acceptors (Lipinski definition) is 0. The van der Waals surface area contributed by atoms with Crippen LogP contribution in [0.3, 0.4) is 0 Å². The zero-order valence-corrected chi connectivity index (χ0v) is 7.87. The van der Waals surface area contributed by atoms with E-state index < -0.39 is 0 Å². The van der Waals surface area contributed by atoms with E-state index in [4.69, 9.17) is 0 Å². The van der Waals surface area contributed by atoms with Gasteiger partial charge in [-0.2, -0.15) is 0 Å². The molecular weight excluding hydrogens is 144 g/mol. The first kappa shape index (κ1) is 11.0. The Balaban J connectivity index is 3.30. The fourth-order valence-corrected chi connectivity index (χ4v) is 0.794. The Kier molecular flexibility index (Phi) is 9.10. The van der Waals surface area contributed by atoms with Crippen LogP contribution in [-0.4, -0.2) is 0 Å². The highest BCUT2D eigenvalue weighted by Gasteiger charge is 1.76. The maximum absolute atomic E-state index is 3.67. The summed E-state index contributed by atoms with van der Waals surface area (Å²) >= 11 is 0. The number of allylic oxidation sites excluding steroid dienone is 7. The first-order valence-corrected chi connectivity index (χ1v) is 4.47. The molecule has 0 N–H and O–H groups in total. The van der Waals surface area contributed by atoms with Gasteiger partial charge < -0.3 is 0 Å². The first-order chi connectivity index (χ1) is 5.91. The van der Waals surface area contributed by atoms with E-state index in [1.807, 2.05) is 37.3 Å². The topological polar surface area (TPSA) is 0 Å². The highest BCUT2D eigenvalue weighted by Crippen LogP contribution is 1.96. The molecule has 0 heteroatoms. The van der Waals surface area contributed by atoms with Crippen LogP contribution in [0.15, 0.2) is 49.1 Å². The Hall–Kier alpha value is -1.04. The van der Waals surface area contributed by atoms with Gasteiger partial charge in [-0.15, -0.1) is 6.58 Å². The van der Waals surface area contributed by atoms with Crippen molar-refractivity contribution in [2.24, 2.45) is 0 Å². The lowest BCUT2D eigenvalue weighted by Crippen LogP contribution is -1.66. The highest BCUT2D eigenvalue weighted by molar-refractivity contribution is 5.10. The minimum atomic E-state index is 1.11. The standard InChI is InChI=1S/C12H18/c1-3-5-7-9-11-12-10-8-6-4-2/h3-4,6,8,10-12H,1,5,7,9H2,2H3/b6-4+,10-8+,12-11+. The predicted octanol–water partition coefficient (Wildman–Crippen LogP) is 4.03. The van der Waals surface area contributed by atoms with Crippen LogP contribution in [0.2, 0.25) is 0 Å². The molecule has 0 rings (SSSR count). The summed E-state index contributed by atoms with van der Waals surface area (Å²) in [6.45, 7) is 5.68. The van der Waals surface area contributed by atoms with Crippen molar-refractivity contribution in [2.75, 3.05) is 0 Å². The van der Waals surface area contributed by atoms with Gasteiger partial charge in [0, 0.05) is 0 Å². The summed E-state index contributed by atoms with van der Waals surface area (Å²) in [5.41, 5.74) is 0. The molecule has 0 aromatic carbocycles. The van der Waals surface area contributed by atoms with Gasteiger partial charge in [-0.25, -0.2) is 0 Å². The van der Waals surface area contributed by atoms with Crippen LogP contribution in [-0.2, 0) is 0 Å². The average molecular weight is 162 g/mol. The lowest BCUT2D eigenvalue weighted by Gasteiger charge is -1.86. The van der Waals surface area contributed by atoms with Crippen molar-refractivity contribution in [3.63, 3.8) is 0 Å². The zero-order valence-electron chi connectivity index (χ0n) is 7.87. The lowest BCUT2D eigenvalue weighted by atomic mass is 10.2. The zero-order chi connectivity index (χ0) is 9.07. The summed E-state index contributed by atoms with van der Waals surface area (Å²) in [5, 5.41) is 0. The normalized spacial score (nSPS) is 12.1. The van der Waals surface area contributed by atoms with Gasteiger partial charge in [0.2, 0.25) is 0 Å². The third kappa shape index (κ3) is 8.96. The molecule has 0 aliphatic carbocycles. The van der Waals surface area contributed by atoms with Gasteiger partial charge >= 0.3 is 0 Å². The van der Waals surface area contributed by atoms with Crippen LogP contribution in [0.25, 0.3) is 0 Å². The second-order valence-corrected chi connectivity index (χ2v) is 2.56. The monoisotopic (exact) mass is 162 g/mol. The van der Waals surface area contributed by atoms with E-state index in [1.54, 1.807) is 0 Å². The Morgan fingerprint density at radius 1 is 1.00 bits per heavy atom. The van der Waals surface area contributed by atoms with Gasteiger partial charge in [0.1, 0.15) is 0 Å². The van der Waals surface area contributed by atoms with E-state index in [0.29, 0.717) is 0 Å². The van der Waals surface area contributed by atoms with Crippen molar-refractivity contribution >= 4 is 0 Å². The molecule has 0 nitrogen and oxygen atoms in total. The molecule has 0 aliphatic rings. The Morgan fingerprint density at radius 2 is 1.75 bits per heavy atom. The molecule has 0 saturated heterocycles. The van der Waals surface area contributed by atoms with Crippen molar-refractivity contribution < 1.29 is 0 Å². The molecule has 0 bridgehead atoms. The molecule has 12 heavy (non-hydrogen) atoms. The van der Waals surface area contributed by atoms with E-state index in [2.05, 4.69) is 18.7 Å². The van der Waals surface area contributed by atoms with Crippen molar-refractivity contribution in [2.45, 2.75) is 26.2 Å². The lowest BCUT2D eigenvalue weighted by molar-refractivity contribution is 0.870.